The summed E-state index contributed by atoms with van der Waals surface area (Å²) >= 11 is 6.29. The monoisotopic (exact) mass is 309 g/mol. The van der Waals surface area contributed by atoms with E-state index in [0.29, 0.717) is 10.9 Å². The Kier molecular flexibility index (Phi) is 5.85. The van der Waals surface area contributed by atoms with Crippen molar-refractivity contribution in [2.75, 3.05) is 13.6 Å². The lowest BCUT2D eigenvalue weighted by atomic mass is 9.98. The molecule has 1 fully saturated rings. The lowest BCUT2D eigenvalue weighted by molar-refractivity contribution is 0.148. The summed E-state index contributed by atoms with van der Waals surface area (Å²) in [4.78, 5) is 10.9. The van der Waals surface area contributed by atoms with Gasteiger partial charge in [-0.2, -0.15) is 0 Å². The van der Waals surface area contributed by atoms with Gasteiger partial charge in [0.2, 0.25) is 5.88 Å². The van der Waals surface area contributed by atoms with Crippen molar-refractivity contribution in [3.63, 3.8) is 0 Å². The molecule has 0 bridgehead atoms. The van der Waals surface area contributed by atoms with Crippen molar-refractivity contribution < 1.29 is 4.74 Å². The van der Waals surface area contributed by atoms with Gasteiger partial charge in [-0.3, -0.25) is 0 Å². The van der Waals surface area contributed by atoms with Crippen LogP contribution in [0.25, 0.3) is 0 Å². The van der Waals surface area contributed by atoms with Crippen LogP contribution in [-0.2, 0) is 0 Å². The fourth-order valence-electron chi connectivity index (χ4n) is 2.35. The van der Waals surface area contributed by atoms with Crippen molar-refractivity contribution >= 4 is 23.6 Å². The summed E-state index contributed by atoms with van der Waals surface area (Å²) in [7, 11) is 1.98. The Morgan fingerprint density at radius 3 is 2.81 bits per heavy atom. The van der Waals surface area contributed by atoms with Crippen LogP contribution < -0.4 is 4.74 Å². The van der Waals surface area contributed by atoms with Gasteiger partial charge in [-0.05, 0) is 45.6 Å². The number of aliphatic imine (C=N–C) groups is 1. The third-order valence-electron chi connectivity index (χ3n) is 3.83. The van der Waals surface area contributed by atoms with Gasteiger partial charge >= 0.3 is 0 Å². The van der Waals surface area contributed by atoms with Gasteiger partial charge in [-0.25, -0.2) is 9.98 Å². The molecule has 0 N–H and O–H groups in total. The second-order valence-corrected chi connectivity index (χ2v) is 5.98. The Morgan fingerprint density at radius 2 is 2.14 bits per heavy atom. The third-order valence-corrected chi connectivity index (χ3v) is 4.10. The summed E-state index contributed by atoms with van der Waals surface area (Å²) in [6.07, 6.45) is 8.00. The Bertz CT molecular complexity index is 499. The maximum absolute atomic E-state index is 6.29. The van der Waals surface area contributed by atoms with E-state index in [0.717, 1.165) is 30.8 Å². The van der Waals surface area contributed by atoms with Crippen LogP contribution in [-0.4, -0.2) is 35.9 Å². The molecule has 0 unspecified atom stereocenters. The minimum absolute atomic E-state index is 0.253. The first-order valence-electron chi connectivity index (χ1n) is 7.68. The van der Waals surface area contributed by atoms with Crippen LogP contribution in [0.1, 0.15) is 44.7 Å². The number of aryl methyl sites for hydroxylation is 1. The maximum Gasteiger partial charge on any atom is 0.233 e. The van der Waals surface area contributed by atoms with E-state index in [1.165, 1.54) is 19.3 Å². The first-order chi connectivity index (χ1) is 10.1. The average Bonchev–Trinajstić information content (AvgIpc) is 2.50. The topological polar surface area (TPSA) is 37.7 Å². The van der Waals surface area contributed by atoms with E-state index in [9.17, 15) is 0 Å². The number of hydrogen-bond acceptors (Lipinski definition) is 3. The Morgan fingerprint density at radius 1 is 1.43 bits per heavy atom. The lowest BCUT2D eigenvalue weighted by Gasteiger charge is -2.23. The molecule has 1 heterocycles. The lowest BCUT2D eigenvalue weighted by Crippen LogP contribution is -2.20. The van der Waals surface area contributed by atoms with Gasteiger partial charge in [-0.1, -0.05) is 18.0 Å². The van der Waals surface area contributed by atoms with E-state index >= 15 is 0 Å². The first-order valence-corrected chi connectivity index (χ1v) is 8.06. The molecular formula is C16H24ClN3O. The van der Waals surface area contributed by atoms with Crippen LogP contribution >= 0.6 is 11.6 Å². The van der Waals surface area contributed by atoms with Gasteiger partial charge < -0.3 is 9.64 Å². The Balaban J connectivity index is 2.10. The molecule has 1 saturated carbocycles. The normalized spacial score (nSPS) is 16.4. The number of hydrogen-bond donors (Lipinski definition) is 0. The van der Waals surface area contributed by atoms with E-state index in [1.54, 1.807) is 6.34 Å². The minimum atomic E-state index is 0.253. The van der Waals surface area contributed by atoms with Gasteiger partial charge in [0.25, 0.3) is 0 Å². The summed E-state index contributed by atoms with van der Waals surface area (Å²) < 4.78 is 5.96. The fourth-order valence-corrected chi connectivity index (χ4v) is 2.54. The highest BCUT2D eigenvalue weighted by Crippen LogP contribution is 2.31. The summed E-state index contributed by atoms with van der Waals surface area (Å²) in [5.41, 5.74) is 1.63. The maximum atomic E-state index is 6.29. The molecule has 0 aliphatic heterocycles. The smallest absolute Gasteiger partial charge is 0.233 e. The zero-order valence-electron chi connectivity index (χ0n) is 13.1. The molecular weight excluding hydrogens is 286 g/mol. The molecule has 1 aromatic heterocycles. The zero-order valence-corrected chi connectivity index (χ0v) is 13.9. The van der Waals surface area contributed by atoms with E-state index in [1.807, 2.05) is 24.9 Å². The van der Waals surface area contributed by atoms with E-state index < -0.39 is 0 Å². The van der Waals surface area contributed by atoms with E-state index in [-0.39, 0.29) is 6.10 Å². The zero-order chi connectivity index (χ0) is 15.2. The van der Waals surface area contributed by atoms with Gasteiger partial charge in [0.05, 0.1) is 17.7 Å². The minimum Gasteiger partial charge on any atom is -0.473 e. The Labute approximate surface area is 132 Å². The van der Waals surface area contributed by atoms with Gasteiger partial charge in [-0.15, -0.1) is 0 Å². The molecule has 1 aliphatic carbocycles. The molecule has 4 nitrogen and oxygen atoms in total. The molecule has 21 heavy (non-hydrogen) atoms. The van der Waals surface area contributed by atoms with Crippen LogP contribution in [0.3, 0.4) is 0 Å². The van der Waals surface area contributed by atoms with Crippen molar-refractivity contribution in [2.45, 2.75) is 52.1 Å². The average molecular weight is 310 g/mol. The molecule has 2 rings (SSSR count). The third kappa shape index (κ3) is 4.60. The van der Waals surface area contributed by atoms with Crippen molar-refractivity contribution in [1.82, 2.24) is 9.88 Å². The SMILES string of the molecule is CCN(C)C=Nc1cc(Cl)c(OC2CCCCC2)nc1C. The summed E-state index contributed by atoms with van der Waals surface area (Å²) in [5.74, 6) is 0.545. The van der Waals surface area contributed by atoms with Gasteiger partial charge in [0.1, 0.15) is 11.1 Å². The highest BCUT2D eigenvalue weighted by atomic mass is 35.5. The second-order valence-electron chi connectivity index (χ2n) is 5.58. The van der Waals surface area contributed by atoms with Gasteiger partial charge in [0, 0.05) is 13.6 Å². The van der Waals surface area contributed by atoms with Crippen LogP contribution in [0.2, 0.25) is 5.02 Å². The molecule has 0 aromatic carbocycles. The van der Waals surface area contributed by atoms with Crippen LogP contribution in [0, 0.1) is 6.92 Å². The molecule has 0 amide bonds. The molecule has 1 aromatic rings. The molecule has 5 heteroatoms. The van der Waals surface area contributed by atoms with E-state index in [4.69, 9.17) is 16.3 Å². The number of pyridine rings is 1. The summed E-state index contributed by atoms with van der Waals surface area (Å²) in [5, 5.41) is 0.539. The van der Waals surface area contributed by atoms with Crippen LogP contribution in [0.4, 0.5) is 5.69 Å². The largest absolute Gasteiger partial charge is 0.473 e. The molecule has 0 atom stereocenters. The van der Waals surface area contributed by atoms with E-state index in [2.05, 4.69) is 16.9 Å². The van der Waals surface area contributed by atoms with Crippen LogP contribution in [0.5, 0.6) is 5.88 Å². The van der Waals surface area contributed by atoms with Gasteiger partial charge in [0.15, 0.2) is 0 Å². The number of aromatic nitrogens is 1. The summed E-state index contributed by atoms with van der Waals surface area (Å²) in [6, 6.07) is 1.84. The van der Waals surface area contributed by atoms with Crippen LogP contribution in [0.15, 0.2) is 11.1 Å². The molecule has 116 valence electrons. The number of rotatable bonds is 5. The molecule has 0 saturated heterocycles. The first kappa shape index (κ1) is 16.1. The van der Waals surface area contributed by atoms with Crippen molar-refractivity contribution in [3.8, 4) is 5.88 Å². The van der Waals surface area contributed by atoms with Crippen molar-refractivity contribution in [1.29, 1.82) is 0 Å². The highest BCUT2D eigenvalue weighted by molar-refractivity contribution is 6.32. The van der Waals surface area contributed by atoms with Crippen molar-refractivity contribution in [2.24, 2.45) is 4.99 Å². The predicted molar refractivity (Wildman–Crippen MR) is 87.9 cm³/mol. The predicted octanol–water partition coefficient (Wildman–Crippen LogP) is 4.37. The summed E-state index contributed by atoms with van der Waals surface area (Å²) in [6.45, 7) is 4.92. The number of ether oxygens (including phenoxy) is 1. The quantitative estimate of drug-likeness (QED) is 0.599. The number of nitrogens with zero attached hydrogens (tertiary/aromatic N) is 3. The Hall–Kier alpha value is -1.29. The van der Waals surface area contributed by atoms with Crippen molar-refractivity contribution in [3.05, 3.63) is 16.8 Å². The molecule has 1 aliphatic rings. The second kappa shape index (κ2) is 7.64. The molecule has 0 spiro atoms. The standard InChI is InChI=1S/C16H24ClN3O/c1-4-20(3)11-18-15-10-14(17)16(19-12(15)2)21-13-8-6-5-7-9-13/h10-11,13H,4-9H2,1-3H3. The fraction of sp³-hybridized carbons (Fsp3) is 0.625. The highest BCUT2D eigenvalue weighted by Gasteiger charge is 2.18. The number of halogens is 1. The molecule has 0 radical (unpaired) electrons.